The third-order valence-corrected chi connectivity index (χ3v) is 2.57. The van der Waals surface area contributed by atoms with Crippen molar-refractivity contribution in [1.82, 2.24) is 4.98 Å². The van der Waals surface area contributed by atoms with Crippen molar-refractivity contribution < 1.29 is 4.79 Å². The first kappa shape index (κ1) is 9.63. The van der Waals surface area contributed by atoms with E-state index in [4.69, 9.17) is 0 Å². The van der Waals surface area contributed by atoms with Gasteiger partial charge in [0.2, 0.25) is 0 Å². The largest absolute Gasteiger partial charge is 0.297 e. The Morgan fingerprint density at radius 3 is 2.67 bits per heavy atom. The first-order valence-electron chi connectivity index (χ1n) is 4.36. The van der Waals surface area contributed by atoms with Gasteiger partial charge in [0.1, 0.15) is 0 Å². The van der Waals surface area contributed by atoms with Gasteiger partial charge in [0.25, 0.3) is 0 Å². The van der Waals surface area contributed by atoms with Crippen molar-refractivity contribution in [3.05, 3.63) is 52.0 Å². The topological polar surface area (TPSA) is 30.0 Å². The molecule has 15 heavy (non-hydrogen) atoms. The molecule has 0 radical (unpaired) electrons. The summed E-state index contributed by atoms with van der Waals surface area (Å²) >= 11 is 1.30. The van der Waals surface area contributed by atoms with Gasteiger partial charge in [-0.2, -0.15) is 0 Å². The molecule has 1 aromatic carbocycles. The van der Waals surface area contributed by atoms with Crippen LogP contribution in [0.25, 0.3) is 0 Å². The first-order chi connectivity index (χ1) is 7.38. The van der Waals surface area contributed by atoms with Crippen molar-refractivity contribution in [2.75, 3.05) is 0 Å². The fourth-order valence-corrected chi connectivity index (χ4v) is 1.63. The molecule has 72 valence electrons. The number of aldehydes is 1. The fraction of sp³-hybridized carbons (Fsp3) is 0. The average Bonchev–Trinajstić information content (AvgIpc) is 2.76. The van der Waals surface area contributed by atoms with Crippen LogP contribution < -0.4 is 0 Å². The Morgan fingerprint density at radius 2 is 2.00 bits per heavy atom. The van der Waals surface area contributed by atoms with Crippen molar-refractivity contribution >= 4 is 17.6 Å². The van der Waals surface area contributed by atoms with Crippen LogP contribution in [0, 0.1) is 11.8 Å². The molecule has 0 aliphatic carbocycles. The summed E-state index contributed by atoms with van der Waals surface area (Å²) in [5, 5.41) is 0.668. The number of carbonyl (C=O) groups is 1. The van der Waals surface area contributed by atoms with Gasteiger partial charge in [0.15, 0.2) is 11.3 Å². The third kappa shape index (κ3) is 2.52. The van der Waals surface area contributed by atoms with Gasteiger partial charge >= 0.3 is 0 Å². The Kier molecular flexibility index (Phi) is 2.91. The van der Waals surface area contributed by atoms with Gasteiger partial charge in [-0.25, -0.2) is 4.98 Å². The maximum absolute atomic E-state index is 10.4. The summed E-state index contributed by atoms with van der Waals surface area (Å²) in [4.78, 5) is 15.0. The molecule has 0 saturated heterocycles. The van der Waals surface area contributed by atoms with Gasteiger partial charge < -0.3 is 0 Å². The zero-order valence-electron chi connectivity index (χ0n) is 7.81. The zero-order valence-corrected chi connectivity index (χ0v) is 8.62. The maximum Gasteiger partial charge on any atom is 0.167 e. The van der Waals surface area contributed by atoms with Crippen molar-refractivity contribution in [1.29, 1.82) is 0 Å². The highest BCUT2D eigenvalue weighted by Crippen LogP contribution is 2.08. The van der Waals surface area contributed by atoms with Gasteiger partial charge in [-0.1, -0.05) is 24.1 Å². The van der Waals surface area contributed by atoms with Crippen LogP contribution in [0.4, 0.5) is 0 Å². The van der Waals surface area contributed by atoms with Crippen LogP contribution in [0.3, 0.4) is 0 Å². The highest BCUT2D eigenvalue weighted by atomic mass is 32.1. The molecule has 2 nitrogen and oxygen atoms in total. The highest BCUT2D eigenvalue weighted by Gasteiger charge is 1.95. The third-order valence-electron chi connectivity index (χ3n) is 1.73. The molecule has 1 aromatic heterocycles. The molecule has 3 heteroatoms. The predicted molar refractivity (Wildman–Crippen MR) is 59.9 cm³/mol. The Balaban J connectivity index is 2.22. The predicted octanol–water partition coefficient (Wildman–Crippen LogP) is 2.36. The van der Waals surface area contributed by atoms with Crippen LogP contribution in [0.5, 0.6) is 0 Å². The number of nitrogens with zero attached hydrogens (tertiary/aromatic N) is 1. The molecule has 0 aliphatic heterocycles. The molecule has 2 aromatic rings. The van der Waals surface area contributed by atoms with E-state index >= 15 is 0 Å². The van der Waals surface area contributed by atoms with E-state index in [0.29, 0.717) is 9.88 Å². The van der Waals surface area contributed by atoms with E-state index in [0.717, 1.165) is 11.8 Å². The van der Waals surface area contributed by atoms with E-state index in [1.165, 1.54) is 17.5 Å². The van der Waals surface area contributed by atoms with E-state index in [1.54, 1.807) is 0 Å². The average molecular weight is 213 g/mol. The second kappa shape index (κ2) is 4.54. The number of rotatable bonds is 1. The van der Waals surface area contributed by atoms with E-state index in [-0.39, 0.29) is 0 Å². The van der Waals surface area contributed by atoms with Crippen LogP contribution >= 0.6 is 11.3 Å². The summed E-state index contributed by atoms with van der Waals surface area (Å²) in [6.07, 6.45) is 2.32. The van der Waals surface area contributed by atoms with Crippen molar-refractivity contribution in [3.8, 4) is 11.8 Å². The van der Waals surface area contributed by atoms with Gasteiger partial charge in [-0.15, -0.1) is 11.3 Å². The monoisotopic (exact) mass is 213 g/mol. The first-order valence-corrected chi connectivity index (χ1v) is 5.18. The minimum absolute atomic E-state index is 0.604. The van der Waals surface area contributed by atoms with Crippen molar-refractivity contribution in [2.24, 2.45) is 0 Å². The minimum Gasteiger partial charge on any atom is -0.297 e. The summed E-state index contributed by atoms with van der Waals surface area (Å²) in [7, 11) is 0. The molecule has 0 atom stereocenters. The van der Waals surface area contributed by atoms with Gasteiger partial charge in [0, 0.05) is 11.8 Å². The second-order valence-electron chi connectivity index (χ2n) is 2.80. The van der Waals surface area contributed by atoms with Crippen LogP contribution in [0.1, 0.15) is 20.2 Å². The number of benzene rings is 1. The van der Waals surface area contributed by atoms with Crippen LogP contribution in [0.2, 0.25) is 0 Å². The quantitative estimate of drug-likeness (QED) is 0.537. The van der Waals surface area contributed by atoms with E-state index in [1.807, 2.05) is 30.3 Å². The lowest BCUT2D eigenvalue weighted by molar-refractivity contribution is 0.112. The van der Waals surface area contributed by atoms with Crippen molar-refractivity contribution in [2.45, 2.75) is 0 Å². The Labute approximate surface area is 91.6 Å². The molecule has 0 unspecified atom stereocenters. The molecule has 0 amide bonds. The highest BCUT2D eigenvalue weighted by molar-refractivity contribution is 7.13. The Bertz CT molecular complexity index is 519. The van der Waals surface area contributed by atoms with Crippen molar-refractivity contribution in [3.63, 3.8) is 0 Å². The molecule has 1 heterocycles. The molecule has 0 saturated carbocycles. The van der Waals surface area contributed by atoms with Crippen LogP contribution in [-0.4, -0.2) is 11.3 Å². The summed E-state index contributed by atoms with van der Waals surface area (Å²) in [6, 6.07) is 9.67. The summed E-state index contributed by atoms with van der Waals surface area (Å²) in [6.45, 7) is 0. The number of thiazole rings is 1. The smallest absolute Gasteiger partial charge is 0.167 e. The molecule has 0 bridgehead atoms. The van der Waals surface area contributed by atoms with Crippen LogP contribution in [-0.2, 0) is 0 Å². The SMILES string of the molecule is O=Cc1cnc(C#Cc2ccccc2)s1. The minimum atomic E-state index is 0.604. The van der Waals surface area contributed by atoms with Gasteiger partial charge in [0.05, 0.1) is 4.88 Å². The standard InChI is InChI=1S/C12H7NOS/c14-9-11-8-13-12(15-11)7-6-10-4-2-1-3-5-10/h1-5,8-9H. The summed E-state index contributed by atoms with van der Waals surface area (Å²) < 4.78 is 0. The van der Waals surface area contributed by atoms with Gasteiger partial charge in [-0.05, 0) is 18.1 Å². The fourth-order valence-electron chi connectivity index (χ4n) is 1.05. The maximum atomic E-state index is 10.4. The molecule has 0 fully saturated rings. The molecular weight excluding hydrogens is 206 g/mol. The number of carbonyl (C=O) groups excluding carboxylic acids is 1. The summed E-state index contributed by atoms with van der Waals surface area (Å²) in [5.41, 5.74) is 0.945. The number of hydrogen-bond donors (Lipinski definition) is 0. The number of hydrogen-bond acceptors (Lipinski definition) is 3. The Hall–Kier alpha value is -1.92. The molecule has 0 aliphatic rings. The lowest BCUT2D eigenvalue weighted by Gasteiger charge is -1.84. The second-order valence-corrected chi connectivity index (χ2v) is 3.86. The van der Waals surface area contributed by atoms with Gasteiger partial charge in [-0.3, -0.25) is 4.79 Å². The molecular formula is C12H7NOS. The molecule has 0 N–H and O–H groups in total. The lowest BCUT2D eigenvalue weighted by Crippen LogP contribution is -1.72. The van der Waals surface area contributed by atoms with E-state index in [2.05, 4.69) is 16.8 Å². The summed E-state index contributed by atoms with van der Waals surface area (Å²) in [5.74, 6) is 5.89. The van der Waals surface area contributed by atoms with E-state index < -0.39 is 0 Å². The van der Waals surface area contributed by atoms with E-state index in [9.17, 15) is 4.79 Å². The number of aromatic nitrogens is 1. The molecule has 0 spiro atoms. The lowest BCUT2D eigenvalue weighted by atomic mass is 10.2. The molecule has 2 rings (SSSR count). The van der Waals surface area contributed by atoms with Crippen LogP contribution in [0.15, 0.2) is 36.5 Å². The zero-order chi connectivity index (χ0) is 10.5. The Morgan fingerprint density at radius 1 is 1.20 bits per heavy atom. The normalized spacial score (nSPS) is 9.07.